The number of carbonyl (C=O) groups is 1. The summed E-state index contributed by atoms with van der Waals surface area (Å²) in [5.41, 5.74) is 3.29. The average molecular weight is 299 g/mol. The predicted octanol–water partition coefficient (Wildman–Crippen LogP) is 2.49. The van der Waals surface area contributed by atoms with Gasteiger partial charge in [-0.05, 0) is 43.9 Å². The summed E-state index contributed by atoms with van der Waals surface area (Å²) in [6, 6.07) is 7.65. The number of carbonyl (C=O) groups excluding carboxylic acids is 1. The highest BCUT2D eigenvalue weighted by Crippen LogP contribution is 2.28. The first-order valence-corrected chi connectivity index (χ1v) is 7.73. The van der Waals surface area contributed by atoms with Crippen molar-refractivity contribution in [3.63, 3.8) is 0 Å². The Labute approximate surface area is 130 Å². The second-order valence-electron chi connectivity index (χ2n) is 5.55. The van der Waals surface area contributed by atoms with Gasteiger partial charge in [0.15, 0.2) is 0 Å². The smallest absolute Gasteiger partial charge is 0.229 e. The molecule has 0 saturated carbocycles. The quantitative estimate of drug-likeness (QED) is 0.923. The number of aromatic nitrogens is 2. The molecule has 1 amide bonds. The number of ether oxygens (including phenoxy) is 1. The molecule has 0 bridgehead atoms. The van der Waals surface area contributed by atoms with E-state index < -0.39 is 0 Å². The van der Waals surface area contributed by atoms with Crippen molar-refractivity contribution in [2.45, 2.75) is 32.6 Å². The first-order valence-electron chi connectivity index (χ1n) is 7.73. The second-order valence-corrected chi connectivity index (χ2v) is 5.55. The van der Waals surface area contributed by atoms with Gasteiger partial charge in [0, 0.05) is 12.6 Å². The van der Waals surface area contributed by atoms with E-state index in [1.165, 1.54) is 5.56 Å². The summed E-state index contributed by atoms with van der Waals surface area (Å²) in [6.07, 6.45) is 3.49. The molecule has 3 rings (SSSR count). The lowest BCUT2D eigenvalue weighted by atomic mass is 10.1. The molecule has 5 heteroatoms. The normalized spacial score (nSPS) is 13.0. The van der Waals surface area contributed by atoms with Crippen LogP contribution >= 0.6 is 0 Å². The Morgan fingerprint density at radius 2 is 2.09 bits per heavy atom. The number of hydrogen-bond donors (Lipinski definition) is 1. The fraction of sp³-hybridized carbons (Fsp3) is 0.412. The van der Waals surface area contributed by atoms with Crippen molar-refractivity contribution >= 4 is 11.7 Å². The van der Waals surface area contributed by atoms with E-state index in [1.807, 2.05) is 38.2 Å². The Hall–Kier alpha value is -2.30. The van der Waals surface area contributed by atoms with E-state index in [0.29, 0.717) is 13.0 Å². The number of benzene rings is 1. The molecule has 1 aliphatic rings. The fourth-order valence-corrected chi connectivity index (χ4v) is 2.91. The number of amides is 1. The van der Waals surface area contributed by atoms with Crippen LogP contribution < -0.4 is 10.1 Å². The van der Waals surface area contributed by atoms with Crippen molar-refractivity contribution in [2.75, 3.05) is 11.9 Å². The molecule has 2 aromatic rings. The van der Waals surface area contributed by atoms with Crippen LogP contribution in [0.15, 0.2) is 24.3 Å². The number of nitrogens with zero attached hydrogens (tertiary/aromatic N) is 2. The van der Waals surface area contributed by atoms with Gasteiger partial charge in [0.25, 0.3) is 0 Å². The third kappa shape index (κ3) is 2.98. The fourth-order valence-electron chi connectivity index (χ4n) is 2.91. The maximum absolute atomic E-state index is 12.3. The monoisotopic (exact) mass is 299 g/mol. The topological polar surface area (TPSA) is 56.1 Å². The second kappa shape index (κ2) is 6.22. The number of nitrogens with one attached hydrogen (secondary N) is 1. The Kier molecular flexibility index (Phi) is 4.13. The maximum atomic E-state index is 12.3. The molecule has 5 nitrogen and oxygen atoms in total. The zero-order chi connectivity index (χ0) is 15.5. The van der Waals surface area contributed by atoms with E-state index in [1.54, 1.807) is 4.68 Å². The molecule has 0 atom stereocenters. The predicted molar refractivity (Wildman–Crippen MR) is 85.2 cm³/mol. The molecule has 116 valence electrons. The van der Waals surface area contributed by atoms with Crippen molar-refractivity contribution < 1.29 is 9.53 Å². The Morgan fingerprint density at radius 3 is 2.82 bits per heavy atom. The summed E-state index contributed by atoms with van der Waals surface area (Å²) in [5.74, 6) is 1.67. The standard InChI is InChI=1S/C17H21N3O2/c1-3-22-13-9-7-12(8-10-13)11-16(21)18-17-14-5-4-6-15(14)19-20(17)2/h7-10H,3-6,11H2,1-2H3,(H,18,21). The molecule has 1 aliphatic carbocycles. The number of aryl methyl sites for hydroxylation is 2. The number of rotatable bonds is 5. The first-order chi connectivity index (χ1) is 10.7. The van der Waals surface area contributed by atoms with Gasteiger partial charge >= 0.3 is 0 Å². The van der Waals surface area contributed by atoms with Gasteiger partial charge in [0.05, 0.1) is 18.7 Å². The van der Waals surface area contributed by atoms with E-state index in [-0.39, 0.29) is 5.91 Å². The highest BCUT2D eigenvalue weighted by atomic mass is 16.5. The van der Waals surface area contributed by atoms with Crippen LogP contribution in [0.4, 0.5) is 5.82 Å². The van der Waals surface area contributed by atoms with E-state index >= 15 is 0 Å². The first kappa shape index (κ1) is 14.6. The molecule has 0 unspecified atom stereocenters. The molecule has 1 heterocycles. The van der Waals surface area contributed by atoms with Crippen molar-refractivity contribution in [2.24, 2.45) is 7.05 Å². The largest absolute Gasteiger partial charge is 0.494 e. The lowest BCUT2D eigenvalue weighted by molar-refractivity contribution is -0.115. The summed E-state index contributed by atoms with van der Waals surface area (Å²) in [6.45, 7) is 2.60. The van der Waals surface area contributed by atoms with E-state index in [2.05, 4.69) is 10.4 Å². The van der Waals surface area contributed by atoms with Gasteiger partial charge in [-0.1, -0.05) is 12.1 Å². The van der Waals surface area contributed by atoms with Gasteiger partial charge in [-0.25, -0.2) is 0 Å². The van der Waals surface area contributed by atoms with Crippen molar-refractivity contribution in [1.82, 2.24) is 9.78 Å². The number of anilines is 1. The highest BCUT2D eigenvalue weighted by Gasteiger charge is 2.21. The Morgan fingerprint density at radius 1 is 1.32 bits per heavy atom. The van der Waals surface area contributed by atoms with Gasteiger partial charge in [-0.3, -0.25) is 9.48 Å². The molecule has 0 aliphatic heterocycles. The molecule has 0 fully saturated rings. The summed E-state index contributed by atoms with van der Waals surface area (Å²) >= 11 is 0. The van der Waals surface area contributed by atoms with E-state index in [0.717, 1.165) is 42.1 Å². The summed E-state index contributed by atoms with van der Waals surface area (Å²) in [7, 11) is 1.88. The SMILES string of the molecule is CCOc1ccc(CC(=O)Nc2c3c(nn2C)CCC3)cc1. The molecule has 0 radical (unpaired) electrons. The minimum Gasteiger partial charge on any atom is -0.494 e. The van der Waals surface area contributed by atoms with Crippen molar-refractivity contribution in [1.29, 1.82) is 0 Å². The van der Waals surface area contributed by atoms with Gasteiger partial charge in [0.2, 0.25) is 5.91 Å². The summed E-state index contributed by atoms with van der Waals surface area (Å²) < 4.78 is 7.18. The molecule has 1 N–H and O–H groups in total. The molecule has 1 aromatic carbocycles. The van der Waals surface area contributed by atoms with Gasteiger partial charge in [-0.15, -0.1) is 0 Å². The van der Waals surface area contributed by atoms with Crippen molar-refractivity contribution in [3.05, 3.63) is 41.1 Å². The van der Waals surface area contributed by atoms with Crippen LogP contribution in [-0.4, -0.2) is 22.3 Å². The molecule has 0 spiro atoms. The minimum atomic E-state index is -0.0122. The minimum absolute atomic E-state index is 0.0122. The van der Waals surface area contributed by atoms with Crippen LogP contribution in [-0.2, 0) is 31.1 Å². The van der Waals surface area contributed by atoms with Crippen LogP contribution in [0.25, 0.3) is 0 Å². The van der Waals surface area contributed by atoms with E-state index in [4.69, 9.17) is 4.74 Å². The van der Waals surface area contributed by atoms with Crippen molar-refractivity contribution in [3.8, 4) is 5.75 Å². The molecule has 0 saturated heterocycles. The molecular weight excluding hydrogens is 278 g/mol. The van der Waals surface area contributed by atoms with Crippen LogP contribution in [0.5, 0.6) is 5.75 Å². The number of fused-ring (bicyclic) bond motifs is 1. The Bertz CT molecular complexity index is 674. The average Bonchev–Trinajstić information content (AvgIpc) is 3.05. The van der Waals surface area contributed by atoms with Crippen LogP contribution in [0, 0.1) is 0 Å². The van der Waals surface area contributed by atoms with E-state index in [9.17, 15) is 4.79 Å². The summed E-state index contributed by atoms with van der Waals surface area (Å²) in [5, 5.41) is 7.48. The molecular formula is C17H21N3O2. The van der Waals surface area contributed by atoms with Gasteiger partial charge in [0.1, 0.15) is 11.6 Å². The van der Waals surface area contributed by atoms with Gasteiger partial charge < -0.3 is 10.1 Å². The van der Waals surface area contributed by atoms with Gasteiger partial charge in [-0.2, -0.15) is 5.10 Å². The molecule has 22 heavy (non-hydrogen) atoms. The Balaban J connectivity index is 1.65. The lowest BCUT2D eigenvalue weighted by Crippen LogP contribution is -2.17. The van der Waals surface area contributed by atoms with Crippen LogP contribution in [0.1, 0.15) is 30.2 Å². The lowest BCUT2D eigenvalue weighted by Gasteiger charge is -2.08. The maximum Gasteiger partial charge on any atom is 0.229 e. The number of hydrogen-bond acceptors (Lipinski definition) is 3. The molecule has 1 aromatic heterocycles. The zero-order valence-electron chi connectivity index (χ0n) is 13.1. The third-order valence-corrected chi connectivity index (χ3v) is 3.93. The third-order valence-electron chi connectivity index (χ3n) is 3.93. The zero-order valence-corrected chi connectivity index (χ0v) is 13.1. The van der Waals surface area contributed by atoms with Crippen LogP contribution in [0.2, 0.25) is 0 Å². The summed E-state index contributed by atoms with van der Waals surface area (Å²) in [4.78, 5) is 12.3. The highest BCUT2D eigenvalue weighted by molar-refractivity contribution is 5.92. The van der Waals surface area contributed by atoms with Crippen LogP contribution in [0.3, 0.4) is 0 Å².